The lowest BCUT2D eigenvalue weighted by molar-refractivity contribution is 0.387. The lowest BCUT2D eigenvalue weighted by atomic mass is 10.1. The van der Waals surface area contributed by atoms with Crippen LogP contribution in [0.25, 0.3) is 22.8 Å². The molecule has 0 bridgehead atoms. The van der Waals surface area contributed by atoms with Crippen LogP contribution in [0.15, 0.2) is 39.6 Å². The Hall–Kier alpha value is -2.76. The van der Waals surface area contributed by atoms with Gasteiger partial charge in [-0.05, 0) is 26.0 Å². The van der Waals surface area contributed by atoms with Gasteiger partial charge in [0.25, 0.3) is 0 Å². The van der Waals surface area contributed by atoms with Crippen molar-refractivity contribution in [3.8, 4) is 22.8 Å². The fraction of sp³-hybridized carbons (Fsp3) is 0.143. The molecule has 3 aromatic rings. The zero-order chi connectivity index (χ0) is 14.1. The molecule has 3 rings (SSSR count). The Kier molecular flexibility index (Phi) is 2.90. The molecule has 6 nitrogen and oxygen atoms in total. The molecule has 0 spiro atoms. The highest BCUT2D eigenvalue weighted by molar-refractivity contribution is 5.65. The molecule has 1 N–H and O–H groups in total. The third kappa shape index (κ3) is 2.35. The summed E-state index contributed by atoms with van der Waals surface area (Å²) in [5, 5.41) is 2.45. The first-order valence-corrected chi connectivity index (χ1v) is 6.10. The Balaban J connectivity index is 2.14. The van der Waals surface area contributed by atoms with E-state index >= 15 is 0 Å². The Labute approximate surface area is 114 Å². The molecule has 0 atom stereocenters. The van der Waals surface area contributed by atoms with E-state index in [1.54, 1.807) is 13.0 Å². The molecule has 0 aliphatic heterocycles. The molecule has 0 unspecified atom stereocenters. The van der Waals surface area contributed by atoms with E-state index in [0.29, 0.717) is 17.3 Å². The molecular formula is C14H12N4O2. The summed E-state index contributed by atoms with van der Waals surface area (Å²) in [6.07, 6.45) is 0. The smallest absolute Gasteiger partial charge is 0.321 e. The second kappa shape index (κ2) is 4.73. The predicted molar refractivity (Wildman–Crippen MR) is 73.1 cm³/mol. The summed E-state index contributed by atoms with van der Waals surface area (Å²) in [4.78, 5) is 23.4. The van der Waals surface area contributed by atoms with Gasteiger partial charge in [-0.25, -0.2) is 14.8 Å². The van der Waals surface area contributed by atoms with Crippen LogP contribution in [0.5, 0.6) is 0 Å². The number of H-pyrrole nitrogens is 1. The number of aromatic amines is 1. The quantitative estimate of drug-likeness (QED) is 0.769. The Morgan fingerprint density at radius 1 is 1.05 bits per heavy atom. The van der Waals surface area contributed by atoms with Crippen molar-refractivity contribution in [1.82, 2.24) is 20.1 Å². The average molecular weight is 268 g/mol. The van der Waals surface area contributed by atoms with Gasteiger partial charge in [-0.1, -0.05) is 23.8 Å². The van der Waals surface area contributed by atoms with Crippen LogP contribution in [-0.4, -0.2) is 20.1 Å². The zero-order valence-electron chi connectivity index (χ0n) is 11.0. The molecule has 0 fully saturated rings. The number of nitrogens with one attached hydrogen (secondary N) is 1. The van der Waals surface area contributed by atoms with Crippen LogP contribution in [0.4, 0.5) is 0 Å². The average Bonchev–Trinajstić information content (AvgIpc) is 2.85. The monoisotopic (exact) mass is 268 g/mol. The number of nitrogens with zero attached hydrogens (tertiary/aromatic N) is 3. The molecule has 0 aliphatic rings. The second-order valence-electron chi connectivity index (χ2n) is 4.49. The minimum absolute atomic E-state index is 0.300. The fourth-order valence-electron chi connectivity index (χ4n) is 1.98. The fourth-order valence-corrected chi connectivity index (χ4v) is 1.98. The maximum absolute atomic E-state index is 11.0. The van der Waals surface area contributed by atoms with Crippen molar-refractivity contribution in [3.05, 3.63) is 52.3 Å². The van der Waals surface area contributed by atoms with E-state index < -0.39 is 5.76 Å². The second-order valence-corrected chi connectivity index (χ2v) is 4.49. The van der Waals surface area contributed by atoms with E-state index in [-0.39, 0.29) is 0 Å². The number of rotatable bonds is 2. The van der Waals surface area contributed by atoms with Crippen molar-refractivity contribution in [2.24, 2.45) is 0 Å². The normalized spacial score (nSPS) is 10.7. The van der Waals surface area contributed by atoms with Crippen LogP contribution in [0.1, 0.15) is 11.4 Å². The topological polar surface area (TPSA) is 84.7 Å². The number of benzene rings is 1. The van der Waals surface area contributed by atoms with Gasteiger partial charge in [0.1, 0.15) is 11.5 Å². The maximum atomic E-state index is 11.0. The van der Waals surface area contributed by atoms with Crippen LogP contribution < -0.4 is 5.76 Å². The van der Waals surface area contributed by atoms with Gasteiger partial charge in [-0.15, -0.1) is 0 Å². The highest BCUT2D eigenvalue weighted by Crippen LogP contribution is 2.22. The molecule has 1 aromatic carbocycles. The van der Waals surface area contributed by atoms with Crippen molar-refractivity contribution in [2.45, 2.75) is 13.8 Å². The number of hydrogen-bond acceptors (Lipinski definition) is 5. The first-order chi connectivity index (χ1) is 9.61. The summed E-state index contributed by atoms with van der Waals surface area (Å²) in [5.41, 5.74) is 3.44. The van der Waals surface area contributed by atoms with E-state index in [9.17, 15) is 4.79 Å². The predicted octanol–water partition coefficient (Wildman–Crippen LogP) is 2.10. The first-order valence-electron chi connectivity index (χ1n) is 6.10. The lowest BCUT2D eigenvalue weighted by Gasteiger charge is -2.05. The largest absolute Gasteiger partial charge is 0.460 e. The van der Waals surface area contributed by atoms with E-state index in [1.165, 1.54) is 0 Å². The summed E-state index contributed by atoms with van der Waals surface area (Å²) in [6.45, 7) is 3.81. The lowest BCUT2D eigenvalue weighted by Crippen LogP contribution is -1.98. The van der Waals surface area contributed by atoms with E-state index in [4.69, 9.17) is 0 Å². The van der Waals surface area contributed by atoms with Crippen molar-refractivity contribution >= 4 is 0 Å². The van der Waals surface area contributed by atoms with Gasteiger partial charge < -0.3 is 4.52 Å². The van der Waals surface area contributed by atoms with Crippen molar-refractivity contribution in [3.63, 3.8) is 0 Å². The van der Waals surface area contributed by atoms with E-state index in [1.807, 2.05) is 31.2 Å². The van der Waals surface area contributed by atoms with Gasteiger partial charge in [0.15, 0.2) is 5.82 Å². The first kappa shape index (κ1) is 12.3. The van der Waals surface area contributed by atoms with Crippen LogP contribution in [0, 0.1) is 13.8 Å². The summed E-state index contributed by atoms with van der Waals surface area (Å²) >= 11 is 0. The highest BCUT2D eigenvalue weighted by atomic mass is 16.5. The SMILES string of the molecule is Cc1cccc(-c2cc(-c3nc(=O)o[nH]3)nc(C)n2)c1. The zero-order valence-corrected chi connectivity index (χ0v) is 11.0. The van der Waals surface area contributed by atoms with Crippen LogP contribution in [-0.2, 0) is 0 Å². The summed E-state index contributed by atoms with van der Waals surface area (Å²) in [7, 11) is 0. The molecule has 0 aliphatic carbocycles. The summed E-state index contributed by atoms with van der Waals surface area (Å²) < 4.78 is 4.57. The minimum atomic E-state index is -0.673. The summed E-state index contributed by atoms with van der Waals surface area (Å²) in [6, 6.07) is 9.78. The Bertz CT molecular complexity index is 820. The standard InChI is InChI=1S/C14H12N4O2/c1-8-4-3-5-10(6-8)11-7-12(16-9(2)15-11)13-17-14(19)20-18-13/h3-7H,1-2H3,(H,17,18,19). The molecule has 20 heavy (non-hydrogen) atoms. The molecule has 0 saturated carbocycles. The molecule has 0 amide bonds. The van der Waals surface area contributed by atoms with Gasteiger partial charge in [0.05, 0.1) is 5.69 Å². The Morgan fingerprint density at radius 3 is 2.55 bits per heavy atom. The molecule has 0 radical (unpaired) electrons. The van der Waals surface area contributed by atoms with Crippen LogP contribution in [0.2, 0.25) is 0 Å². The number of aromatic nitrogens is 4. The maximum Gasteiger partial charge on any atom is 0.460 e. The summed E-state index contributed by atoms with van der Waals surface area (Å²) in [5.74, 6) is 0.227. The van der Waals surface area contributed by atoms with Gasteiger partial charge >= 0.3 is 5.76 Å². The van der Waals surface area contributed by atoms with Crippen molar-refractivity contribution < 1.29 is 4.52 Å². The molecule has 100 valence electrons. The third-order valence-electron chi connectivity index (χ3n) is 2.83. The molecule has 0 saturated heterocycles. The third-order valence-corrected chi connectivity index (χ3v) is 2.83. The van der Waals surface area contributed by atoms with Gasteiger partial charge in [0, 0.05) is 5.56 Å². The minimum Gasteiger partial charge on any atom is -0.321 e. The molecule has 2 heterocycles. The van der Waals surface area contributed by atoms with Gasteiger partial charge in [-0.3, -0.25) is 0 Å². The van der Waals surface area contributed by atoms with E-state index in [0.717, 1.165) is 16.8 Å². The molecular weight excluding hydrogens is 256 g/mol. The highest BCUT2D eigenvalue weighted by Gasteiger charge is 2.10. The molecule has 2 aromatic heterocycles. The Morgan fingerprint density at radius 2 is 1.85 bits per heavy atom. The molecule has 6 heteroatoms. The van der Waals surface area contributed by atoms with Gasteiger partial charge in [0.2, 0.25) is 0 Å². The number of hydrogen-bond donors (Lipinski definition) is 1. The van der Waals surface area contributed by atoms with Crippen molar-refractivity contribution in [1.29, 1.82) is 0 Å². The van der Waals surface area contributed by atoms with Gasteiger partial charge in [-0.2, -0.15) is 10.1 Å². The van der Waals surface area contributed by atoms with E-state index in [2.05, 4.69) is 24.6 Å². The number of aryl methyl sites for hydroxylation is 2. The van der Waals surface area contributed by atoms with Crippen LogP contribution >= 0.6 is 0 Å². The van der Waals surface area contributed by atoms with Crippen LogP contribution in [0.3, 0.4) is 0 Å². The van der Waals surface area contributed by atoms with Crippen molar-refractivity contribution in [2.75, 3.05) is 0 Å².